The van der Waals surface area contributed by atoms with Crippen molar-refractivity contribution in [1.82, 2.24) is 0 Å². The zero-order valence-corrected chi connectivity index (χ0v) is 11.7. The summed E-state index contributed by atoms with van der Waals surface area (Å²) in [4.78, 5) is 11.6. The van der Waals surface area contributed by atoms with Gasteiger partial charge < -0.3 is 9.47 Å². The van der Waals surface area contributed by atoms with Crippen LogP contribution in [0.5, 0.6) is 5.75 Å². The lowest BCUT2D eigenvalue weighted by molar-refractivity contribution is 0.142. The molecule has 1 amide bonds. The lowest BCUT2D eigenvalue weighted by Gasteiger charge is -2.13. The van der Waals surface area contributed by atoms with E-state index in [4.69, 9.17) is 9.47 Å². The number of hydrogen-bond acceptors (Lipinski definition) is 3. The molecule has 4 nitrogen and oxygen atoms in total. The number of hydrogen-bond donors (Lipinski definition) is 1. The van der Waals surface area contributed by atoms with Gasteiger partial charge >= 0.3 is 6.09 Å². The third-order valence-corrected chi connectivity index (χ3v) is 2.61. The number of anilines is 1. The zero-order chi connectivity index (χ0) is 14.3. The van der Waals surface area contributed by atoms with Crippen molar-refractivity contribution in [2.24, 2.45) is 0 Å². The molecule has 0 saturated carbocycles. The third kappa shape index (κ3) is 4.66. The third-order valence-electron chi connectivity index (χ3n) is 2.61. The van der Waals surface area contributed by atoms with Gasteiger partial charge in [-0.3, -0.25) is 5.32 Å². The molecule has 19 heavy (non-hydrogen) atoms. The van der Waals surface area contributed by atoms with Crippen molar-refractivity contribution < 1.29 is 14.3 Å². The maximum atomic E-state index is 11.6. The quantitative estimate of drug-likeness (QED) is 0.795. The standard InChI is InChI=1S/C15H21NO3/c1-5-11(4)19-15(17)16-13-8-9-14(18-7-3)12(6-2)10-13/h5,8-11H,1,6-7H2,2-4H3,(H,16,17). The molecule has 0 heterocycles. The minimum absolute atomic E-state index is 0.312. The number of rotatable bonds is 6. The summed E-state index contributed by atoms with van der Waals surface area (Å²) in [6.45, 7) is 9.92. The molecule has 1 atom stereocenters. The van der Waals surface area contributed by atoms with Gasteiger partial charge in [-0.25, -0.2) is 4.79 Å². The summed E-state index contributed by atoms with van der Waals surface area (Å²) in [6, 6.07) is 5.55. The molecule has 0 bridgehead atoms. The van der Waals surface area contributed by atoms with Crippen LogP contribution in [0.1, 0.15) is 26.3 Å². The van der Waals surface area contributed by atoms with Gasteiger partial charge in [0.25, 0.3) is 0 Å². The number of aryl methyl sites for hydroxylation is 1. The molecule has 1 N–H and O–H groups in total. The van der Waals surface area contributed by atoms with Gasteiger partial charge in [0.2, 0.25) is 0 Å². The molecular weight excluding hydrogens is 242 g/mol. The summed E-state index contributed by atoms with van der Waals surface area (Å²) in [7, 11) is 0. The molecule has 1 aromatic carbocycles. The fraction of sp³-hybridized carbons (Fsp3) is 0.400. The van der Waals surface area contributed by atoms with Crippen molar-refractivity contribution in [3.63, 3.8) is 0 Å². The van der Waals surface area contributed by atoms with Crippen molar-refractivity contribution in [2.45, 2.75) is 33.3 Å². The maximum absolute atomic E-state index is 11.6. The molecule has 1 rings (SSSR count). The van der Waals surface area contributed by atoms with Crippen molar-refractivity contribution in [3.8, 4) is 5.75 Å². The van der Waals surface area contributed by atoms with Gasteiger partial charge in [-0.2, -0.15) is 0 Å². The Morgan fingerprint density at radius 3 is 2.79 bits per heavy atom. The van der Waals surface area contributed by atoms with Crippen LogP contribution >= 0.6 is 0 Å². The summed E-state index contributed by atoms with van der Waals surface area (Å²) in [5.74, 6) is 0.850. The van der Waals surface area contributed by atoms with Gasteiger partial charge in [-0.15, -0.1) is 0 Å². The highest BCUT2D eigenvalue weighted by molar-refractivity contribution is 5.85. The van der Waals surface area contributed by atoms with Crippen LogP contribution in [0.4, 0.5) is 10.5 Å². The summed E-state index contributed by atoms with van der Waals surface area (Å²) in [6.07, 6.45) is 1.60. The number of ether oxygens (including phenoxy) is 2. The second-order valence-corrected chi connectivity index (χ2v) is 4.08. The molecule has 0 fully saturated rings. The number of nitrogens with one attached hydrogen (secondary N) is 1. The van der Waals surface area contributed by atoms with Crippen molar-refractivity contribution in [3.05, 3.63) is 36.4 Å². The summed E-state index contributed by atoms with van der Waals surface area (Å²) in [5.41, 5.74) is 1.75. The number of amides is 1. The van der Waals surface area contributed by atoms with E-state index < -0.39 is 6.09 Å². The first-order valence-corrected chi connectivity index (χ1v) is 6.46. The minimum Gasteiger partial charge on any atom is -0.494 e. The van der Waals surface area contributed by atoms with Gasteiger partial charge in [0.1, 0.15) is 11.9 Å². The maximum Gasteiger partial charge on any atom is 0.412 e. The first-order valence-electron chi connectivity index (χ1n) is 6.46. The van der Waals surface area contributed by atoms with Crippen LogP contribution in [0.3, 0.4) is 0 Å². The first kappa shape index (κ1) is 15.1. The first-order chi connectivity index (χ1) is 9.10. The average Bonchev–Trinajstić information content (AvgIpc) is 2.40. The topological polar surface area (TPSA) is 47.6 Å². The van der Waals surface area contributed by atoms with Crippen LogP contribution in [-0.4, -0.2) is 18.8 Å². The molecule has 0 radical (unpaired) electrons. The molecule has 0 aliphatic rings. The van der Waals surface area contributed by atoms with Crippen LogP contribution in [0.15, 0.2) is 30.9 Å². The monoisotopic (exact) mass is 263 g/mol. The van der Waals surface area contributed by atoms with Gasteiger partial charge in [0.05, 0.1) is 6.61 Å². The largest absolute Gasteiger partial charge is 0.494 e. The lowest BCUT2D eigenvalue weighted by Crippen LogP contribution is -2.18. The van der Waals surface area contributed by atoms with Crippen LogP contribution < -0.4 is 10.1 Å². The van der Waals surface area contributed by atoms with Crippen LogP contribution in [-0.2, 0) is 11.2 Å². The van der Waals surface area contributed by atoms with Crippen molar-refractivity contribution in [2.75, 3.05) is 11.9 Å². The fourth-order valence-electron chi connectivity index (χ4n) is 1.59. The van der Waals surface area contributed by atoms with Gasteiger partial charge in [-0.1, -0.05) is 19.6 Å². The minimum atomic E-state index is -0.487. The summed E-state index contributed by atoms with van der Waals surface area (Å²) >= 11 is 0. The van der Waals surface area contributed by atoms with E-state index in [0.717, 1.165) is 17.7 Å². The smallest absolute Gasteiger partial charge is 0.412 e. The van der Waals surface area contributed by atoms with E-state index in [1.807, 2.05) is 26.0 Å². The van der Waals surface area contributed by atoms with E-state index >= 15 is 0 Å². The number of carbonyl (C=O) groups excluding carboxylic acids is 1. The SMILES string of the molecule is C=CC(C)OC(=O)Nc1ccc(OCC)c(CC)c1. The van der Waals surface area contributed by atoms with Crippen molar-refractivity contribution in [1.29, 1.82) is 0 Å². The Balaban J connectivity index is 2.74. The van der Waals surface area contributed by atoms with E-state index in [0.29, 0.717) is 12.3 Å². The molecule has 0 aliphatic heterocycles. The molecule has 1 aromatic rings. The fourth-order valence-corrected chi connectivity index (χ4v) is 1.59. The molecule has 104 valence electrons. The summed E-state index contributed by atoms with van der Waals surface area (Å²) < 4.78 is 10.6. The van der Waals surface area contributed by atoms with E-state index in [2.05, 4.69) is 11.9 Å². The normalized spacial score (nSPS) is 11.5. The number of carbonyl (C=O) groups is 1. The summed E-state index contributed by atoms with van der Waals surface area (Å²) in [5, 5.41) is 2.69. The second-order valence-electron chi connectivity index (χ2n) is 4.08. The molecule has 1 unspecified atom stereocenters. The van der Waals surface area contributed by atoms with E-state index in [9.17, 15) is 4.79 Å². The van der Waals surface area contributed by atoms with Crippen LogP contribution in [0, 0.1) is 0 Å². The molecule has 0 aromatic heterocycles. The Morgan fingerprint density at radius 2 is 2.21 bits per heavy atom. The Morgan fingerprint density at radius 1 is 1.47 bits per heavy atom. The van der Waals surface area contributed by atoms with Gasteiger partial charge in [0, 0.05) is 5.69 Å². The second kappa shape index (κ2) is 7.46. The Labute approximate surface area is 114 Å². The molecule has 0 saturated heterocycles. The van der Waals surface area contributed by atoms with E-state index in [1.165, 1.54) is 0 Å². The Hall–Kier alpha value is -1.97. The Bertz CT molecular complexity index is 443. The molecule has 0 aliphatic carbocycles. The highest BCUT2D eigenvalue weighted by Crippen LogP contribution is 2.23. The zero-order valence-electron chi connectivity index (χ0n) is 11.7. The predicted octanol–water partition coefficient (Wildman–Crippen LogP) is 3.77. The molecule has 4 heteroatoms. The van der Waals surface area contributed by atoms with Crippen molar-refractivity contribution >= 4 is 11.8 Å². The van der Waals surface area contributed by atoms with Gasteiger partial charge in [-0.05, 0) is 44.0 Å². The van der Waals surface area contributed by atoms with E-state index in [1.54, 1.807) is 19.1 Å². The van der Waals surface area contributed by atoms with Gasteiger partial charge in [0.15, 0.2) is 0 Å². The molecule has 0 spiro atoms. The van der Waals surface area contributed by atoms with E-state index in [-0.39, 0.29) is 6.10 Å². The Kier molecular flexibility index (Phi) is 5.93. The average molecular weight is 263 g/mol. The van der Waals surface area contributed by atoms with Crippen LogP contribution in [0.25, 0.3) is 0 Å². The highest BCUT2D eigenvalue weighted by Gasteiger charge is 2.08. The number of benzene rings is 1. The predicted molar refractivity (Wildman–Crippen MR) is 76.8 cm³/mol. The van der Waals surface area contributed by atoms with Crippen LogP contribution in [0.2, 0.25) is 0 Å². The molecular formula is C15H21NO3. The highest BCUT2D eigenvalue weighted by atomic mass is 16.6. The lowest BCUT2D eigenvalue weighted by atomic mass is 10.1.